The molecule has 7 rings (SSSR count). The minimum absolute atomic E-state index is 0.0106. The number of allylic oxidation sites excluding steroid dienone is 1. The quantitative estimate of drug-likeness (QED) is 0.412. The molecular formula is C29H40O7. The summed E-state index contributed by atoms with van der Waals surface area (Å²) in [7, 11) is 0. The van der Waals surface area contributed by atoms with Crippen molar-refractivity contribution in [1.82, 2.24) is 0 Å². The van der Waals surface area contributed by atoms with Crippen LogP contribution in [-0.4, -0.2) is 52.8 Å². The molecule has 0 amide bonds. The molecule has 2 bridgehead atoms. The zero-order valence-corrected chi connectivity index (χ0v) is 22.6. The van der Waals surface area contributed by atoms with Crippen molar-refractivity contribution in [3.63, 3.8) is 0 Å². The number of carbonyl (C=O) groups is 2. The smallest absolute Gasteiger partial charge is 0.306 e. The molecule has 36 heavy (non-hydrogen) atoms. The van der Waals surface area contributed by atoms with Crippen molar-refractivity contribution in [3.05, 3.63) is 11.6 Å². The van der Waals surface area contributed by atoms with Crippen molar-refractivity contribution in [2.24, 2.45) is 35.0 Å². The summed E-state index contributed by atoms with van der Waals surface area (Å²) in [6.07, 6.45) is 5.75. The van der Waals surface area contributed by atoms with E-state index in [-0.39, 0.29) is 59.7 Å². The first-order chi connectivity index (χ1) is 16.7. The Morgan fingerprint density at radius 3 is 2.47 bits per heavy atom. The molecule has 4 aliphatic heterocycles. The molecular weight excluding hydrogens is 460 g/mol. The van der Waals surface area contributed by atoms with E-state index in [9.17, 15) is 9.59 Å². The van der Waals surface area contributed by atoms with Crippen molar-refractivity contribution in [2.75, 3.05) is 0 Å². The lowest BCUT2D eigenvalue weighted by atomic mass is 9.53. The number of hydrogen-bond acceptors (Lipinski definition) is 7. The van der Waals surface area contributed by atoms with Crippen molar-refractivity contribution in [2.45, 2.75) is 122 Å². The molecule has 3 aliphatic carbocycles. The average Bonchev–Trinajstić information content (AvgIpc) is 3.32. The number of ketones is 1. The van der Waals surface area contributed by atoms with Crippen LogP contribution in [0.25, 0.3) is 0 Å². The van der Waals surface area contributed by atoms with Gasteiger partial charge in [0.1, 0.15) is 17.3 Å². The fourth-order valence-corrected chi connectivity index (χ4v) is 9.58. The van der Waals surface area contributed by atoms with Gasteiger partial charge in [0.25, 0.3) is 5.97 Å². The number of esters is 1. The summed E-state index contributed by atoms with van der Waals surface area (Å²) < 4.78 is 31.2. The monoisotopic (exact) mass is 500 g/mol. The van der Waals surface area contributed by atoms with Crippen LogP contribution >= 0.6 is 0 Å². The van der Waals surface area contributed by atoms with Crippen LogP contribution in [0.5, 0.6) is 0 Å². The second-order valence-corrected chi connectivity index (χ2v) is 13.8. The van der Waals surface area contributed by atoms with Gasteiger partial charge >= 0.3 is 5.97 Å². The van der Waals surface area contributed by atoms with Crippen LogP contribution in [0.15, 0.2) is 11.6 Å². The highest BCUT2D eigenvalue weighted by Gasteiger charge is 2.74. The SMILES string of the molecule is CC(C1CC2(C)OC(C)(O1)OC2(C)C)C1CCC2C3C(=CC(=O)C12C)C(C)C1(CCC(=O)O1)C1OC31. The number of ether oxygens (including phenoxy) is 5. The summed E-state index contributed by atoms with van der Waals surface area (Å²) in [6, 6.07) is 0. The topological polar surface area (TPSA) is 83.6 Å². The van der Waals surface area contributed by atoms with Crippen molar-refractivity contribution in [1.29, 1.82) is 0 Å². The Kier molecular flexibility index (Phi) is 4.51. The number of rotatable bonds is 2. The van der Waals surface area contributed by atoms with Gasteiger partial charge in [0.15, 0.2) is 5.78 Å². The van der Waals surface area contributed by atoms with Gasteiger partial charge in [-0.25, -0.2) is 0 Å². The largest absolute Gasteiger partial charge is 0.456 e. The van der Waals surface area contributed by atoms with Crippen LogP contribution in [0.3, 0.4) is 0 Å². The zero-order chi connectivity index (χ0) is 25.6. The van der Waals surface area contributed by atoms with E-state index >= 15 is 0 Å². The third kappa shape index (κ3) is 2.73. The van der Waals surface area contributed by atoms with Gasteiger partial charge in [-0.15, -0.1) is 0 Å². The summed E-state index contributed by atoms with van der Waals surface area (Å²) >= 11 is 0. The number of carbonyl (C=O) groups excluding carboxylic acids is 2. The summed E-state index contributed by atoms with van der Waals surface area (Å²) in [4.78, 5) is 26.1. The number of fused-ring (bicyclic) bond motifs is 8. The third-order valence-electron chi connectivity index (χ3n) is 11.9. The van der Waals surface area contributed by atoms with Gasteiger partial charge in [0, 0.05) is 43.4 Å². The summed E-state index contributed by atoms with van der Waals surface area (Å²) in [5.41, 5.74) is -0.787. The summed E-state index contributed by atoms with van der Waals surface area (Å²) in [5.74, 6) is -0.121. The molecule has 12 atom stereocenters. The van der Waals surface area contributed by atoms with E-state index in [0.717, 1.165) is 24.8 Å². The lowest BCUT2D eigenvalue weighted by molar-refractivity contribution is -0.385. The van der Waals surface area contributed by atoms with Crippen LogP contribution in [-0.2, 0) is 33.3 Å². The Hall–Kier alpha value is -1.28. The highest BCUT2D eigenvalue weighted by Crippen LogP contribution is 2.67. The Balaban J connectivity index is 1.20. The molecule has 2 saturated carbocycles. The molecule has 0 radical (unpaired) electrons. The van der Waals surface area contributed by atoms with E-state index in [4.69, 9.17) is 23.7 Å². The molecule has 0 aromatic rings. The third-order valence-corrected chi connectivity index (χ3v) is 11.9. The van der Waals surface area contributed by atoms with E-state index < -0.39 is 28.2 Å². The fraction of sp³-hybridized carbons (Fsp3) is 0.862. The molecule has 198 valence electrons. The molecule has 0 N–H and O–H groups in total. The number of hydrogen-bond donors (Lipinski definition) is 0. The van der Waals surface area contributed by atoms with Gasteiger partial charge in [-0.1, -0.05) is 26.3 Å². The first-order valence-corrected chi connectivity index (χ1v) is 14.0. The average molecular weight is 501 g/mol. The normalized spacial score (nSPS) is 57.1. The minimum Gasteiger partial charge on any atom is -0.456 e. The van der Waals surface area contributed by atoms with E-state index in [1.165, 1.54) is 0 Å². The van der Waals surface area contributed by atoms with Gasteiger partial charge in [0.2, 0.25) is 0 Å². The molecule has 4 saturated heterocycles. The van der Waals surface area contributed by atoms with E-state index in [1.807, 2.05) is 13.0 Å². The van der Waals surface area contributed by atoms with Crippen LogP contribution < -0.4 is 0 Å². The lowest BCUT2D eigenvalue weighted by Crippen LogP contribution is -2.57. The molecule has 12 unspecified atom stereocenters. The highest BCUT2D eigenvalue weighted by molar-refractivity contribution is 5.97. The maximum atomic E-state index is 14.0. The Labute approximate surface area is 213 Å². The number of epoxide rings is 1. The second-order valence-electron chi connectivity index (χ2n) is 13.8. The predicted octanol–water partition coefficient (Wildman–Crippen LogP) is 4.32. The molecule has 1 spiro atoms. The maximum absolute atomic E-state index is 14.0. The minimum atomic E-state index is -1.06. The van der Waals surface area contributed by atoms with Crippen molar-refractivity contribution < 1.29 is 33.3 Å². The van der Waals surface area contributed by atoms with Gasteiger partial charge < -0.3 is 23.7 Å². The lowest BCUT2D eigenvalue weighted by Gasteiger charge is -2.51. The maximum Gasteiger partial charge on any atom is 0.306 e. The van der Waals surface area contributed by atoms with E-state index in [0.29, 0.717) is 12.8 Å². The van der Waals surface area contributed by atoms with Crippen LogP contribution in [0.2, 0.25) is 0 Å². The van der Waals surface area contributed by atoms with Gasteiger partial charge in [-0.2, -0.15) is 0 Å². The molecule has 7 nitrogen and oxygen atoms in total. The van der Waals surface area contributed by atoms with Crippen LogP contribution in [0.1, 0.15) is 80.6 Å². The Morgan fingerprint density at radius 2 is 1.81 bits per heavy atom. The summed E-state index contributed by atoms with van der Waals surface area (Å²) in [6.45, 7) is 14.7. The fourth-order valence-electron chi connectivity index (χ4n) is 9.58. The second kappa shape index (κ2) is 6.83. The van der Waals surface area contributed by atoms with Crippen molar-refractivity contribution >= 4 is 11.8 Å². The van der Waals surface area contributed by atoms with E-state index in [2.05, 4.69) is 41.5 Å². The van der Waals surface area contributed by atoms with Crippen molar-refractivity contribution in [3.8, 4) is 0 Å². The molecule has 6 fully saturated rings. The Bertz CT molecular complexity index is 1080. The molecule has 7 aliphatic rings. The first kappa shape index (κ1) is 23.8. The van der Waals surface area contributed by atoms with Gasteiger partial charge in [-0.3, -0.25) is 9.59 Å². The molecule has 0 aromatic heterocycles. The highest BCUT2D eigenvalue weighted by atomic mass is 16.9. The van der Waals surface area contributed by atoms with Crippen LogP contribution in [0, 0.1) is 35.0 Å². The molecule has 4 heterocycles. The zero-order valence-electron chi connectivity index (χ0n) is 22.6. The van der Waals surface area contributed by atoms with Gasteiger partial charge in [-0.05, 0) is 57.4 Å². The van der Waals surface area contributed by atoms with Crippen LogP contribution in [0.4, 0.5) is 0 Å². The van der Waals surface area contributed by atoms with Gasteiger partial charge in [0.05, 0.1) is 17.8 Å². The first-order valence-electron chi connectivity index (χ1n) is 14.0. The molecule has 0 aromatic carbocycles. The molecule has 7 heteroatoms. The standard InChI is InChI=1S/C29H40O7/c1-14(19-13-26(5)25(3,4)35-28(7,33-19)36-26)17-8-9-18-22-16(12-20(30)27(17,18)6)15(2)29(24-23(22)32-24)11-10-21(31)34-29/h12,14-15,17-19,22-24H,8-11,13H2,1-7H3. The Morgan fingerprint density at radius 1 is 1.06 bits per heavy atom. The van der Waals surface area contributed by atoms with E-state index in [1.54, 1.807) is 0 Å². The summed E-state index contributed by atoms with van der Waals surface area (Å²) in [5, 5.41) is 0. The predicted molar refractivity (Wildman–Crippen MR) is 128 cm³/mol.